The van der Waals surface area contributed by atoms with Crippen molar-refractivity contribution in [3.05, 3.63) is 48.0 Å². The summed E-state index contributed by atoms with van der Waals surface area (Å²) in [7, 11) is 0. The van der Waals surface area contributed by atoms with Gasteiger partial charge in [-0.15, -0.1) is 0 Å². The summed E-state index contributed by atoms with van der Waals surface area (Å²) in [6.07, 6.45) is 7.34. The first-order valence-corrected chi connectivity index (χ1v) is 7.34. The van der Waals surface area contributed by atoms with E-state index >= 15 is 0 Å². The Morgan fingerprint density at radius 3 is 2.20 bits per heavy atom. The van der Waals surface area contributed by atoms with Gasteiger partial charge in [-0.2, -0.15) is 0 Å². The molecule has 1 N–H and O–H groups in total. The molecule has 2 aromatic rings. The van der Waals surface area contributed by atoms with Crippen molar-refractivity contribution < 1.29 is 5.11 Å². The van der Waals surface area contributed by atoms with E-state index in [1.54, 1.807) is 0 Å². The van der Waals surface area contributed by atoms with Gasteiger partial charge in [0.05, 0.1) is 6.10 Å². The first-order chi connectivity index (χ1) is 9.74. The highest BCUT2D eigenvalue weighted by Gasteiger charge is 2.05. The molecule has 0 fully saturated rings. The van der Waals surface area contributed by atoms with Gasteiger partial charge in [0.15, 0.2) is 0 Å². The van der Waals surface area contributed by atoms with E-state index < -0.39 is 0 Å². The van der Waals surface area contributed by atoms with Crippen molar-refractivity contribution in [1.82, 2.24) is 9.97 Å². The van der Waals surface area contributed by atoms with Crippen LogP contribution in [0.2, 0.25) is 0 Å². The Morgan fingerprint density at radius 1 is 1.00 bits per heavy atom. The van der Waals surface area contributed by atoms with Crippen LogP contribution in [0.1, 0.15) is 50.6 Å². The molecule has 1 aromatic heterocycles. The molecule has 20 heavy (non-hydrogen) atoms. The summed E-state index contributed by atoms with van der Waals surface area (Å²) in [5.74, 6) is 0.911. The van der Waals surface area contributed by atoms with Crippen molar-refractivity contribution >= 4 is 0 Å². The molecule has 0 aliphatic rings. The SMILES string of the molecule is CCCCc1ncc(-c2ccc(C(O)CC)cc2)cn1. The molecular weight excluding hydrogens is 248 g/mol. The molecule has 0 amide bonds. The Labute approximate surface area is 120 Å². The summed E-state index contributed by atoms with van der Waals surface area (Å²) in [5, 5.41) is 9.78. The number of hydrogen-bond donors (Lipinski definition) is 1. The van der Waals surface area contributed by atoms with Crippen LogP contribution in [0.15, 0.2) is 36.7 Å². The topological polar surface area (TPSA) is 46.0 Å². The fourth-order valence-electron chi connectivity index (χ4n) is 2.10. The molecule has 2 rings (SSSR count). The van der Waals surface area contributed by atoms with E-state index in [-0.39, 0.29) is 6.10 Å². The molecule has 1 heterocycles. The zero-order chi connectivity index (χ0) is 14.4. The second-order valence-electron chi connectivity index (χ2n) is 5.04. The first-order valence-electron chi connectivity index (χ1n) is 7.34. The third-order valence-electron chi connectivity index (χ3n) is 3.47. The summed E-state index contributed by atoms with van der Waals surface area (Å²) >= 11 is 0. The number of hydrogen-bond acceptors (Lipinski definition) is 3. The van der Waals surface area contributed by atoms with E-state index in [0.29, 0.717) is 0 Å². The van der Waals surface area contributed by atoms with E-state index in [4.69, 9.17) is 0 Å². The zero-order valence-electron chi connectivity index (χ0n) is 12.2. The number of aryl methyl sites for hydroxylation is 1. The number of benzene rings is 1. The van der Waals surface area contributed by atoms with Crippen LogP contribution in [0, 0.1) is 0 Å². The Hall–Kier alpha value is -1.74. The molecule has 1 atom stereocenters. The number of nitrogens with zero attached hydrogens (tertiary/aromatic N) is 2. The monoisotopic (exact) mass is 270 g/mol. The van der Waals surface area contributed by atoms with E-state index in [1.165, 1.54) is 0 Å². The van der Waals surface area contributed by atoms with Crippen molar-refractivity contribution in [2.45, 2.75) is 45.6 Å². The summed E-state index contributed by atoms with van der Waals surface area (Å²) in [6, 6.07) is 7.96. The lowest BCUT2D eigenvalue weighted by molar-refractivity contribution is 0.173. The Balaban J connectivity index is 2.11. The molecule has 0 spiro atoms. The Morgan fingerprint density at radius 2 is 1.65 bits per heavy atom. The van der Waals surface area contributed by atoms with Gasteiger partial charge in [0.25, 0.3) is 0 Å². The van der Waals surface area contributed by atoms with Gasteiger partial charge in [0.1, 0.15) is 5.82 Å². The average Bonchev–Trinajstić information content (AvgIpc) is 2.53. The third-order valence-corrected chi connectivity index (χ3v) is 3.47. The number of rotatable bonds is 6. The molecule has 0 bridgehead atoms. The maximum Gasteiger partial charge on any atom is 0.128 e. The molecule has 106 valence electrons. The summed E-state index contributed by atoms with van der Waals surface area (Å²) in [6.45, 7) is 4.14. The quantitative estimate of drug-likeness (QED) is 0.865. The largest absolute Gasteiger partial charge is 0.388 e. The van der Waals surface area contributed by atoms with E-state index in [9.17, 15) is 5.11 Å². The molecular formula is C17H22N2O. The van der Waals surface area contributed by atoms with E-state index in [0.717, 1.165) is 48.2 Å². The highest BCUT2D eigenvalue weighted by atomic mass is 16.3. The zero-order valence-corrected chi connectivity index (χ0v) is 12.2. The van der Waals surface area contributed by atoms with E-state index in [2.05, 4.69) is 16.9 Å². The molecule has 1 unspecified atom stereocenters. The number of unbranched alkanes of at least 4 members (excludes halogenated alkanes) is 1. The van der Waals surface area contributed by atoms with Crippen molar-refractivity contribution in [3.8, 4) is 11.1 Å². The molecule has 3 heteroatoms. The van der Waals surface area contributed by atoms with Gasteiger partial charge in [-0.05, 0) is 24.0 Å². The number of aromatic nitrogens is 2. The Kier molecular flexibility index (Phi) is 5.24. The number of aliphatic hydroxyl groups is 1. The van der Waals surface area contributed by atoms with Gasteiger partial charge in [-0.25, -0.2) is 9.97 Å². The smallest absolute Gasteiger partial charge is 0.128 e. The van der Waals surface area contributed by atoms with E-state index in [1.807, 2.05) is 43.6 Å². The third kappa shape index (κ3) is 3.64. The van der Waals surface area contributed by atoms with Crippen molar-refractivity contribution in [2.24, 2.45) is 0 Å². The van der Waals surface area contributed by atoms with Crippen LogP contribution in [0.5, 0.6) is 0 Å². The molecule has 0 aliphatic heterocycles. The van der Waals surface area contributed by atoms with Crippen LogP contribution >= 0.6 is 0 Å². The van der Waals surface area contributed by atoms with Crippen molar-refractivity contribution in [2.75, 3.05) is 0 Å². The molecule has 0 radical (unpaired) electrons. The lowest BCUT2D eigenvalue weighted by Gasteiger charge is -2.09. The predicted octanol–water partition coefficient (Wildman–Crippen LogP) is 3.93. The van der Waals surface area contributed by atoms with Gasteiger partial charge in [-0.1, -0.05) is 44.5 Å². The second kappa shape index (κ2) is 7.15. The summed E-state index contributed by atoms with van der Waals surface area (Å²) in [4.78, 5) is 8.81. The average molecular weight is 270 g/mol. The van der Waals surface area contributed by atoms with Crippen LogP contribution in [0.25, 0.3) is 11.1 Å². The van der Waals surface area contributed by atoms with Crippen LogP contribution in [-0.4, -0.2) is 15.1 Å². The maximum atomic E-state index is 9.78. The van der Waals surface area contributed by atoms with Gasteiger partial charge >= 0.3 is 0 Å². The lowest BCUT2D eigenvalue weighted by atomic mass is 10.0. The first kappa shape index (κ1) is 14.7. The maximum absolute atomic E-state index is 9.78. The van der Waals surface area contributed by atoms with Crippen LogP contribution in [0.4, 0.5) is 0 Å². The summed E-state index contributed by atoms with van der Waals surface area (Å²) < 4.78 is 0. The molecule has 0 aliphatic carbocycles. The van der Waals surface area contributed by atoms with Crippen LogP contribution in [-0.2, 0) is 6.42 Å². The highest BCUT2D eigenvalue weighted by molar-refractivity contribution is 5.61. The minimum Gasteiger partial charge on any atom is -0.388 e. The molecule has 3 nitrogen and oxygen atoms in total. The van der Waals surface area contributed by atoms with Gasteiger partial charge in [-0.3, -0.25) is 0 Å². The standard InChI is InChI=1S/C17H22N2O/c1-3-5-6-17-18-11-15(12-19-17)13-7-9-14(10-8-13)16(20)4-2/h7-12,16,20H,3-6H2,1-2H3. The normalized spacial score (nSPS) is 12.3. The minimum absolute atomic E-state index is 0.378. The molecule has 0 saturated carbocycles. The summed E-state index contributed by atoms with van der Waals surface area (Å²) in [5.41, 5.74) is 3.05. The molecule has 1 aromatic carbocycles. The second-order valence-corrected chi connectivity index (χ2v) is 5.04. The van der Waals surface area contributed by atoms with Gasteiger partial charge in [0, 0.05) is 24.4 Å². The van der Waals surface area contributed by atoms with Gasteiger partial charge < -0.3 is 5.11 Å². The van der Waals surface area contributed by atoms with Crippen LogP contribution < -0.4 is 0 Å². The fraction of sp³-hybridized carbons (Fsp3) is 0.412. The highest BCUT2D eigenvalue weighted by Crippen LogP contribution is 2.22. The van der Waals surface area contributed by atoms with Crippen LogP contribution in [0.3, 0.4) is 0 Å². The van der Waals surface area contributed by atoms with Crippen molar-refractivity contribution in [1.29, 1.82) is 0 Å². The fourth-order valence-corrected chi connectivity index (χ4v) is 2.10. The lowest BCUT2D eigenvalue weighted by Crippen LogP contribution is -1.96. The molecule has 0 saturated heterocycles. The van der Waals surface area contributed by atoms with Gasteiger partial charge in [0.2, 0.25) is 0 Å². The Bertz CT molecular complexity index is 520. The predicted molar refractivity (Wildman–Crippen MR) is 81.3 cm³/mol. The van der Waals surface area contributed by atoms with Crippen molar-refractivity contribution in [3.63, 3.8) is 0 Å². The number of aliphatic hydroxyl groups excluding tert-OH is 1. The minimum atomic E-state index is -0.378.